The monoisotopic (exact) mass is 302 g/mol. The first-order valence-electron chi connectivity index (χ1n) is 9.58. The lowest BCUT2D eigenvalue weighted by molar-refractivity contribution is 0.358. The third kappa shape index (κ3) is 6.96. The van der Waals surface area contributed by atoms with E-state index in [2.05, 4.69) is 37.3 Å². The number of rotatable bonds is 13. The Labute approximate surface area is 137 Å². The van der Waals surface area contributed by atoms with Crippen LogP contribution in [0.3, 0.4) is 0 Å². The third-order valence-electron chi connectivity index (χ3n) is 4.90. The van der Waals surface area contributed by atoms with Gasteiger partial charge in [-0.25, -0.2) is 0 Å². The van der Waals surface area contributed by atoms with E-state index < -0.39 is 0 Å². The summed E-state index contributed by atoms with van der Waals surface area (Å²) in [5, 5.41) is 0. The maximum atomic E-state index is 5.57. The highest BCUT2D eigenvalue weighted by Crippen LogP contribution is 2.34. The fourth-order valence-corrected chi connectivity index (χ4v) is 3.41. The van der Waals surface area contributed by atoms with E-state index in [1.807, 2.05) is 0 Å². The first-order valence-corrected chi connectivity index (χ1v) is 9.58. The number of ether oxygens (including phenoxy) is 1. The van der Waals surface area contributed by atoms with E-state index in [-0.39, 0.29) is 0 Å². The van der Waals surface area contributed by atoms with Crippen LogP contribution in [0.25, 0.3) is 0 Å². The van der Waals surface area contributed by atoms with Crippen LogP contribution in [-0.2, 0) is 4.74 Å². The Balaban J connectivity index is 1.50. The van der Waals surface area contributed by atoms with Crippen molar-refractivity contribution >= 4 is 0 Å². The topological polar surface area (TPSA) is 12.5 Å². The third-order valence-corrected chi connectivity index (χ3v) is 4.90. The van der Waals surface area contributed by atoms with Crippen LogP contribution >= 0.6 is 0 Å². The summed E-state index contributed by atoms with van der Waals surface area (Å²) in [6.45, 7) is 3.26. The molecule has 1 fully saturated rings. The highest BCUT2D eigenvalue weighted by atomic mass is 16.6. The van der Waals surface area contributed by atoms with E-state index in [1.165, 1.54) is 76.2 Å². The van der Waals surface area contributed by atoms with Crippen LogP contribution in [-0.4, -0.2) is 12.7 Å². The maximum Gasteiger partial charge on any atom is 0.0878 e. The molecule has 1 saturated heterocycles. The summed E-state index contributed by atoms with van der Waals surface area (Å²) >= 11 is 0. The molecule has 2 atom stereocenters. The summed E-state index contributed by atoms with van der Waals surface area (Å²) in [7, 11) is 0. The molecule has 1 heteroatoms. The molecule has 0 bridgehead atoms. The van der Waals surface area contributed by atoms with Crippen LogP contribution < -0.4 is 0 Å². The lowest BCUT2D eigenvalue weighted by Gasteiger charge is -2.14. The lowest BCUT2D eigenvalue weighted by Crippen LogP contribution is -2.06. The number of hydrogen-bond acceptors (Lipinski definition) is 1. The van der Waals surface area contributed by atoms with Crippen LogP contribution in [0.1, 0.15) is 89.0 Å². The Kier molecular flexibility index (Phi) is 8.63. The normalized spacial score (nSPS) is 18.3. The molecule has 22 heavy (non-hydrogen) atoms. The van der Waals surface area contributed by atoms with E-state index >= 15 is 0 Å². The van der Waals surface area contributed by atoms with Crippen molar-refractivity contribution in [1.82, 2.24) is 0 Å². The van der Waals surface area contributed by atoms with Gasteiger partial charge in [-0.1, -0.05) is 101 Å². The smallest absolute Gasteiger partial charge is 0.0878 e. The fraction of sp³-hybridized carbons (Fsp3) is 0.714. The second kappa shape index (κ2) is 10.8. The second-order valence-corrected chi connectivity index (χ2v) is 6.86. The van der Waals surface area contributed by atoms with Crippen molar-refractivity contribution < 1.29 is 4.74 Å². The molecule has 2 rings (SSSR count). The molecule has 1 aliphatic heterocycles. The Morgan fingerprint density at radius 1 is 0.864 bits per heavy atom. The Bertz CT molecular complexity index is 369. The zero-order valence-electron chi connectivity index (χ0n) is 14.4. The van der Waals surface area contributed by atoms with Gasteiger partial charge in [0, 0.05) is 5.92 Å². The molecule has 124 valence electrons. The lowest BCUT2D eigenvalue weighted by atomic mass is 9.90. The Morgan fingerprint density at radius 3 is 1.95 bits per heavy atom. The molecule has 2 unspecified atom stereocenters. The molecule has 0 aromatic heterocycles. The van der Waals surface area contributed by atoms with Gasteiger partial charge in [-0.3, -0.25) is 0 Å². The summed E-state index contributed by atoms with van der Waals surface area (Å²) in [5.41, 5.74) is 1.47. The molecular formula is C21H34O. The highest BCUT2D eigenvalue weighted by Gasteiger charge is 2.33. The number of hydrogen-bond donors (Lipinski definition) is 0. The van der Waals surface area contributed by atoms with E-state index in [9.17, 15) is 0 Å². The van der Waals surface area contributed by atoms with Gasteiger partial charge in [0.05, 0.1) is 12.7 Å². The first kappa shape index (κ1) is 17.5. The fourth-order valence-electron chi connectivity index (χ4n) is 3.41. The molecule has 0 spiro atoms. The van der Waals surface area contributed by atoms with E-state index in [0.717, 1.165) is 6.61 Å². The summed E-state index contributed by atoms with van der Waals surface area (Å²) in [4.78, 5) is 0. The van der Waals surface area contributed by atoms with Gasteiger partial charge in [0.2, 0.25) is 0 Å². The van der Waals surface area contributed by atoms with Gasteiger partial charge < -0.3 is 4.74 Å². The summed E-state index contributed by atoms with van der Waals surface area (Å²) in [6, 6.07) is 11.0. The molecule has 0 radical (unpaired) electrons. The number of benzene rings is 1. The van der Waals surface area contributed by atoms with Crippen molar-refractivity contribution in [1.29, 1.82) is 0 Å². The van der Waals surface area contributed by atoms with Gasteiger partial charge in [-0.05, 0) is 12.0 Å². The molecule has 0 saturated carbocycles. The largest absolute Gasteiger partial charge is 0.372 e. The van der Waals surface area contributed by atoms with Crippen molar-refractivity contribution in [3.05, 3.63) is 35.9 Å². The van der Waals surface area contributed by atoms with Crippen molar-refractivity contribution in [2.45, 2.75) is 89.6 Å². The quantitative estimate of drug-likeness (QED) is 0.300. The molecular weight excluding hydrogens is 268 g/mol. The average molecular weight is 303 g/mol. The Morgan fingerprint density at radius 2 is 1.41 bits per heavy atom. The van der Waals surface area contributed by atoms with E-state index in [0.29, 0.717) is 12.0 Å². The van der Waals surface area contributed by atoms with Crippen LogP contribution in [0, 0.1) is 0 Å². The number of unbranched alkanes of at least 4 members (excludes halogenated alkanes) is 9. The minimum Gasteiger partial charge on any atom is -0.372 e. The van der Waals surface area contributed by atoms with Gasteiger partial charge >= 0.3 is 0 Å². The van der Waals surface area contributed by atoms with Crippen LogP contribution in [0.5, 0.6) is 0 Å². The predicted molar refractivity (Wildman–Crippen MR) is 95.4 cm³/mol. The summed E-state index contributed by atoms with van der Waals surface area (Å²) < 4.78 is 5.57. The summed E-state index contributed by atoms with van der Waals surface area (Å²) in [5.74, 6) is 0.634. The SMILES string of the molecule is CCCCCCCCCCCCC(c1ccccc1)C1CO1. The highest BCUT2D eigenvalue weighted by molar-refractivity contribution is 5.21. The van der Waals surface area contributed by atoms with E-state index in [4.69, 9.17) is 4.74 Å². The van der Waals surface area contributed by atoms with E-state index in [1.54, 1.807) is 0 Å². The number of epoxide rings is 1. The predicted octanol–water partition coefficient (Wildman–Crippen LogP) is 6.48. The van der Waals surface area contributed by atoms with Crippen LogP contribution in [0.15, 0.2) is 30.3 Å². The molecule has 1 aromatic carbocycles. The van der Waals surface area contributed by atoms with Crippen molar-refractivity contribution in [3.8, 4) is 0 Å². The van der Waals surface area contributed by atoms with Gasteiger partial charge in [0.15, 0.2) is 0 Å². The van der Waals surface area contributed by atoms with Gasteiger partial charge in [0.1, 0.15) is 0 Å². The first-order chi connectivity index (χ1) is 10.9. The molecule has 1 nitrogen and oxygen atoms in total. The molecule has 1 heterocycles. The van der Waals surface area contributed by atoms with Crippen LogP contribution in [0.2, 0.25) is 0 Å². The maximum absolute atomic E-state index is 5.57. The van der Waals surface area contributed by atoms with Crippen molar-refractivity contribution in [2.75, 3.05) is 6.61 Å². The molecule has 1 aromatic rings. The minimum atomic E-state index is 0.501. The molecule has 0 N–H and O–H groups in total. The second-order valence-electron chi connectivity index (χ2n) is 6.86. The Hall–Kier alpha value is -0.820. The minimum absolute atomic E-state index is 0.501. The zero-order chi connectivity index (χ0) is 15.5. The zero-order valence-corrected chi connectivity index (χ0v) is 14.4. The van der Waals surface area contributed by atoms with Gasteiger partial charge in [-0.2, -0.15) is 0 Å². The van der Waals surface area contributed by atoms with Gasteiger partial charge in [0.25, 0.3) is 0 Å². The molecule has 0 aliphatic carbocycles. The standard InChI is InChI=1S/C21H34O/c1-2-3-4-5-6-7-8-9-10-14-17-20(21-18-22-21)19-15-12-11-13-16-19/h11-13,15-16,20-21H,2-10,14,17-18H2,1H3. The van der Waals surface area contributed by atoms with Crippen molar-refractivity contribution in [3.63, 3.8) is 0 Å². The summed E-state index contributed by atoms with van der Waals surface area (Å²) in [6.07, 6.45) is 16.0. The average Bonchev–Trinajstić information content (AvgIpc) is 3.38. The van der Waals surface area contributed by atoms with Gasteiger partial charge in [-0.15, -0.1) is 0 Å². The molecule has 0 amide bonds. The van der Waals surface area contributed by atoms with Crippen molar-refractivity contribution in [2.24, 2.45) is 0 Å². The van der Waals surface area contributed by atoms with Crippen LogP contribution in [0.4, 0.5) is 0 Å². The molecule has 1 aliphatic rings.